The Kier molecular flexibility index (Phi) is 7.61. The number of ether oxygens (including phenoxy) is 1. The number of alkyl halides is 3. The number of anilines is 1. The van der Waals surface area contributed by atoms with E-state index in [-0.39, 0.29) is 26.1 Å². The van der Waals surface area contributed by atoms with Gasteiger partial charge in [-0.15, -0.1) is 0 Å². The highest BCUT2D eigenvalue weighted by Crippen LogP contribution is 2.31. The van der Waals surface area contributed by atoms with E-state index in [9.17, 15) is 26.4 Å². The molecule has 3 rings (SSSR count). The van der Waals surface area contributed by atoms with Crippen LogP contribution in [0.2, 0.25) is 0 Å². The van der Waals surface area contributed by atoms with E-state index in [0.29, 0.717) is 23.2 Å². The summed E-state index contributed by atoms with van der Waals surface area (Å²) in [4.78, 5) is 16.7. The fourth-order valence-corrected chi connectivity index (χ4v) is 4.44. The van der Waals surface area contributed by atoms with Crippen LogP contribution in [0.25, 0.3) is 0 Å². The number of hydroxylamine groups is 1. The number of rotatable bonds is 8. The molecule has 0 spiro atoms. The largest absolute Gasteiger partial charge is 0.497 e. The van der Waals surface area contributed by atoms with Gasteiger partial charge in [0.1, 0.15) is 5.75 Å². The minimum absolute atomic E-state index is 0.0405. The van der Waals surface area contributed by atoms with Gasteiger partial charge in [-0.2, -0.15) is 17.5 Å². The zero-order chi connectivity index (χ0) is 24.1. The van der Waals surface area contributed by atoms with Crippen LogP contribution in [-0.2, 0) is 25.8 Å². The molecule has 0 saturated heterocycles. The molecule has 1 heterocycles. The Balaban J connectivity index is 1.50. The van der Waals surface area contributed by atoms with E-state index in [2.05, 4.69) is 10.8 Å². The molecule has 1 aliphatic rings. The molecule has 12 heteroatoms. The van der Waals surface area contributed by atoms with Crippen molar-refractivity contribution in [1.82, 2.24) is 9.79 Å². The van der Waals surface area contributed by atoms with Gasteiger partial charge in [-0.25, -0.2) is 8.42 Å². The third-order valence-electron chi connectivity index (χ3n) is 4.75. The van der Waals surface area contributed by atoms with E-state index in [1.165, 1.54) is 13.2 Å². The van der Waals surface area contributed by atoms with Gasteiger partial charge in [0, 0.05) is 30.9 Å². The van der Waals surface area contributed by atoms with Crippen LogP contribution in [0.5, 0.6) is 5.75 Å². The number of amides is 1. The Morgan fingerprint density at radius 2 is 1.88 bits per heavy atom. The first kappa shape index (κ1) is 24.6. The molecule has 2 aromatic carbocycles. The van der Waals surface area contributed by atoms with Crippen LogP contribution in [-0.4, -0.2) is 45.4 Å². The molecule has 178 valence electrons. The van der Waals surface area contributed by atoms with Gasteiger partial charge in [-0.1, -0.05) is 6.07 Å². The molecule has 33 heavy (non-hydrogen) atoms. The van der Waals surface area contributed by atoms with Gasteiger partial charge in [0.05, 0.1) is 17.6 Å². The van der Waals surface area contributed by atoms with Gasteiger partial charge in [-0.3, -0.25) is 15.1 Å². The van der Waals surface area contributed by atoms with Crippen molar-refractivity contribution in [1.29, 1.82) is 0 Å². The predicted molar refractivity (Wildman–Crippen MR) is 114 cm³/mol. The van der Waals surface area contributed by atoms with Gasteiger partial charge in [0.25, 0.3) is 5.91 Å². The van der Waals surface area contributed by atoms with Crippen molar-refractivity contribution in [2.24, 2.45) is 0 Å². The smallest absolute Gasteiger partial charge is 0.416 e. The summed E-state index contributed by atoms with van der Waals surface area (Å²) in [5.41, 5.74) is 2.70. The summed E-state index contributed by atoms with van der Waals surface area (Å²) in [7, 11) is -2.56. The summed E-state index contributed by atoms with van der Waals surface area (Å²) in [5.74, 6) is 0.247. The fourth-order valence-electron chi connectivity index (χ4n) is 3.01. The minimum Gasteiger partial charge on any atom is -0.497 e. The number of benzene rings is 2. The maximum atomic E-state index is 12.9. The topological polar surface area (TPSA) is 97.0 Å². The second-order valence-electron chi connectivity index (χ2n) is 7.04. The molecule has 0 bridgehead atoms. The Hall–Kier alpha value is -3.09. The van der Waals surface area contributed by atoms with Gasteiger partial charge < -0.3 is 10.1 Å². The van der Waals surface area contributed by atoms with Crippen LogP contribution in [0, 0.1) is 0 Å². The highest BCUT2D eigenvalue weighted by atomic mass is 32.2. The lowest BCUT2D eigenvalue weighted by molar-refractivity contribution is -0.137. The molecule has 0 fully saturated rings. The molecule has 2 N–H and O–H groups in total. The van der Waals surface area contributed by atoms with Crippen LogP contribution in [0.4, 0.5) is 18.9 Å². The first-order valence-corrected chi connectivity index (χ1v) is 11.2. The van der Waals surface area contributed by atoms with Crippen molar-refractivity contribution < 1.29 is 36.0 Å². The maximum Gasteiger partial charge on any atom is 0.416 e. The number of hydrogen-bond acceptors (Lipinski definition) is 6. The highest BCUT2D eigenvalue weighted by molar-refractivity contribution is 7.89. The monoisotopic (exact) mass is 485 g/mol. The Labute approximate surface area is 189 Å². The number of halogens is 3. The second kappa shape index (κ2) is 10.2. The average molecular weight is 485 g/mol. The average Bonchev–Trinajstić information content (AvgIpc) is 2.79. The van der Waals surface area contributed by atoms with Gasteiger partial charge in [-0.05, 0) is 48.5 Å². The normalized spacial score (nSPS) is 15.0. The van der Waals surface area contributed by atoms with Gasteiger partial charge in [0.2, 0.25) is 10.0 Å². The van der Waals surface area contributed by atoms with Crippen molar-refractivity contribution >= 4 is 21.6 Å². The molecule has 0 atom stereocenters. The van der Waals surface area contributed by atoms with Crippen molar-refractivity contribution in [3.63, 3.8) is 0 Å². The van der Waals surface area contributed by atoms with Crippen LogP contribution >= 0.6 is 0 Å². The van der Waals surface area contributed by atoms with Gasteiger partial charge in [0.15, 0.2) is 6.61 Å². The van der Waals surface area contributed by atoms with Crippen LogP contribution in [0.1, 0.15) is 12.0 Å². The van der Waals surface area contributed by atoms with Crippen molar-refractivity contribution in [2.45, 2.75) is 17.5 Å². The first-order chi connectivity index (χ1) is 15.6. The Morgan fingerprint density at radius 1 is 1.15 bits per heavy atom. The molecular formula is C21H22F3N3O5S. The summed E-state index contributed by atoms with van der Waals surface area (Å²) < 4.78 is 70.2. The zero-order valence-corrected chi connectivity index (χ0v) is 18.4. The van der Waals surface area contributed by atoms with E-state index < -0.39 is 32.6 Å². The van der Waals surface area contributed by atoms with Crippen LogP contribution < -0.4 is 15.5 Å². The van der Waals surface area contributed by atoms with E-state index in [1.807, 2.05) is 0 Å². The molecule has 0 saturated carbocycles. The summed E-state index contributed by atoms with van der Waals surface area (Å²) >= 11 is 0. The van der Waals surface area contributed by atoms with Crippen molar-refractivity contribution in [3.05, 3.63) is 65.9 Å². The van der Waals surface area contributed by atoms with E-state index >= 15 is 0 Å². The van der Waals surface area contributed by atoms with Crippen molar-refractivity contribution in [2.75, 3.05) is 32.1 Å². The summed E-state index contributed by atoms with van der Waals surface area (Å²) in [5, 5.41) is 2.64. The number of carbonyl (C=O) groups is 1. The molecule has 1 aliphatic heterocycles. The van der Waals surface area contributed by atoms with E-state index in [4.69, 9.17) is 9.57 Å². The summed E-state index contributed by atoms with van der Waals surface area (Å²) in [6, 6.07) is 10.4. The number of carbonyl (C=O) groups excluding carboxylic acids is 1. The summed E-state index contributed by atoms with van der Waals surface area (Å²) in [6.07, 6.45) is -2.87. The molecule has 1 amide bonds. The van der Waals surface area contributed by atoms with E-state index in [0.717, 1.165) is 22.5 Å². The highest BCUT2D eigenvalue weighted by Gasteiger charge is 2.33. The minimum atomic E-state index is -4.64. The summed E-state index contributed by atoms with van der Waals surface area (Å²) in [6.45, 7) is -0.309. The quantitative estimate of drug-likeness (QED) is 0.558. The maximum absolute atomic E-state index is 12.9. The second-order valence-corrected chi connectivity index (χ2v) is 8.97. The Morgan fingerprint density at radius 3 is 2.48 bits per heavy atom. The first-order valence-electron chi connectivity index (χ1n) is 9.78. The standard InChI is InChI=1S/C21H22F3N3O5S/c1-31-18-7-5-16(6-8-18)25-20(28)14-32-26-17-9-11-27(12-10-17)33(29,30)19-4-2-3-15(13-19)21(22,23)24/h2-9,13,26H,10-12,14H2,1H3,(H,25,28). The lowest BCUT2D eigenvalue weighted by atomic mass is 10.2. The number of methoxy groups -OCH3 is 1. The van der Waals surface area contributed by atoms with Gasteiger partial charge >= 0.3 is 6.18 Å². The molecular weight excluding hydrogens is 463 g/mol. The molecule has 0 unspecified atom stereocenters. The molecule has 0 aromatic heterocycles. The number of nitrogens with zero attached hydrogens (tertiary/aromatic N) is 1. The lowest BCUT2D eigenvalue weighted by Crippen LogP contribution is -2.37. The molecule has 0 aliphatic carbocycles. The molecule has 2 aromatic rings. The lowest BCUT2D eigenvalue weighted by Gasteiger charge is -2.26. The predicted octanol–water partition coefficient (Wildman–Crippen LogP) is 3.15. The van der Waals surface area contributed by atoms with Crippen molar-refractivity contribution in [3.8, 4) is 5.75 Å². The van der Waals surface area contributed by atoms with Crippen LogP contribution in [0.15, 0.2) is 65.2 Å². The van der Waals surface area contributed by atoms with Crippen LogP contribution in [0.3, 0.4) is 0 Å². The fraction of sp³-hybridized carbons (Fsp3) is 0.286. The molecule has 8 nitrogen and oxygen atoms in total. The number of nitrogens with one attached hydrogen (secondary N) is 2. The number of sulfonamides is 1. The number of hydrogen-bond donors (Lipinski definition) is 2. The Bertz CT molecular complexity index is 1120. The SMILES string of the molecule is COc1ccc(NC(=O)CONC2=CCN(S(=O)(=O)c3cccc(C(F)(F)F)c3)CC2)cc1. The van der Waals surface area contributed by atoms with E-state index in [1.54, 1.807) is 24.3 Å². The third kappa shape index (κ3) is 6.46. The zero-order valence-electron chi connectivity index (χ0n) is 17.6. The third-order valence-corrected chi connectivity index (χ3v) is 6.61. The molecule has 0 radical (unpaired) electrons.